The zero-order valence-electron chi connectivity index (χ0n) is 31.1. The van der Waals surface area contributed by atoms with Crippen LogP contribution in [0.5, 0.6) is 0 Å². The van der Waals surface area contributed by atoms with Gasteiger partial charge in [-0.25, -0.2) is 0 Å². The van der Waals surface area contributed by atoms with Gasteiger partial charge in [0.25, 0.3) is 0 Å². The second-order valence-corrected chi connectivity index (χ2v) is 16.2. The lowest BCUT2D eigenvalue weighted by Gasteiger charge is -2.32. The zero-order chi connectivity index (χ0) is 37.5. The van der Waals surface area contributed by atoms with E-state index in [1.165, 1.54) is 92.6 Å². The molecular formula is C55H35NS. The molecule has 1 heterocycles. The smallest absolute Gasteiger partial charge is 0.0726 e. The van der Waals surface area contributed by atoms with E-state index in [0.29, 0.717) is 0 Å². The second kappa shape index (κ2) is 12.5. The number of thiophene rings is 1. The third kappa shape index (κ3) is 4.62. The van der Waals surface area contributed by atoms with Crippen LogP contribution >= 0.6 is 11.3 Å². The summed E-state index contributed by atoms with van der Waals surface area (Å²) in [6.45, 7) is 0. The van der Waals surface area contributed by atoms with Crippen LogP contribution in [0.1, 0.15) is 22.3 Å². The molecule has 0 fully saturated rings. The summed E-state index contributed by atoms with van der Waals surface area (Å²) in [6.07, 6.45) is 0. The van der Waals surface area contributed by atoms with Crippen LogP contribution in [0.3, 0.4) is 0 Å². The van der Waals surface area contributed by atoms with Crippen LogP contribution in [0.4, 0.5) is 17.1 Å². The van der Waals surface area contributed by atoms with Gasteiger partial charge < -0.3 is 4.90 Å². The highest BCUT2D eigenvalue weighted by molar-refractivity contribution is 7.26. The van der Waals surface area contributed by atoms with Crippen LogP contribution < -0.4 is 4.90 Å². The number of fused-ring (bicyclic) bond motifs is 14. The fourth-order valence-corrected chi connectivity index (χ4v) is 11.2. The summed E-state index contributed by atoms with van der Waals surface area (Å²) in [7, 11) is 0. The lowest BCUT2D eigenvalue weighted by atomic mass is 9.70. The summed E-state index contributed by atoms with van der Waals surface area (Å²) in [5, 5.41) is 2.67. The number of hydrogen-bond acceptors (Lipinski definition) is 2. The Hall–Kier alpha value is -7.00. The summed E-state index contributed by atoms with van der Waals surface area (Å²) in [5.41, 5.74) is 18.4. The molecule has 266 valence electrons. The third-order valence-corrected chi connectivity index (χ3v) is 13.5. The first-order valence-corrected chi connectivity index (χ1v) is 20.5. The van der Waals surface area contributed by atoms with E-state index < -0.39 is 5.41 Å². The van der Waals surface area contributed by atoms with Crippen LogP contribution in [0, 0.1) is 0 Å². The Morgan fingerprint density at radius 3 is 1.67 bits per heavy atom. The Labute approximate surface area is 336 Å². The van der Waals surface area contributed by atoms with Crippen LogP contribution in [0.15, 0.2) is 212 Å². The number of rotatable bonds is 5. The number of benzene rings is 9. The van der Waals surface area contributed by atoms with Crippen molar-refractivity contribution in [3.63, 3.8) is 0 Å². The van der Waals surface area contributed by atoms with E-state index in [1.807, 2.05) is 11.3 Å². The first-order valence-electron chi connectivity index (χ1n) is 19.7. The molecule has 0 N–H and O–H groups in total. The molecule has 0 aliphatic heterocycles. The predicted molar refractivity (Wildman–Crippen MR) is 241 cm³/mol. The maximum absolute atomic E-state index is 2.48. The molecule has 10 aromatic rings. The molecule has 9 aromatic carbocycles. The van der Waals surface area contributed by atoms with Gasteiger partial charge in [0.1, 0.15) is 0 Å². The average molecular weight is 742 g/mol. The zero-order valence-corrected chi connectivity index (χ0v) is 31.9. The predicted octanol–water partition coefficient (Wildman–Crippen LogP) is 15.2. The summed E-state index contributed by atoms with van der Waals surface area (Å²) in [4.78, 5) is 2.48. The van der Waals surface area contributed by atoms with Crippen LogP contribution in [-0.4, -0.2) is 0 Å². The maximum Gasteiger partial charge on any atom is 0.0726 e. The van der Waals surface area contributed by atoms with Gasteiger partial charge >= 0.3 is 0 Å². The maximum atomic E-state index is 2.48. The number of anilines is 3. The molecule has 0 amide bonds. The summed E-state index contributed by atoms with van der Waals surface area (Å²) >= 11 is 1.93. The van der Waals surface area contributed by atoms with Gasteiger partial charge in [0.05, 0.1) is 11.1 Å². The Morgan fingerprint density at radius 1 is 0.351 bits per heavy atom. The van der Waals surface area contributed by atoms with Crippen molar-refractivity contribution >= 4 is 48.6 Å². The molecule has 0 radical (unpaired) electrons. The molecule has 1 unspecified atom stereocenters. The van der Waals surface area contributed by atoms with Crippen LogP contribution in [0.2, 0.25) is 0 Å². The Morgan fingerprint density at radius 2 is 0.912 bits per heavy atom. The lowest BCUT2D eigenvalue weighted by molar-refractivity contribution is 0.794. The Bertz CT molecular complexity index is 3180. The lowest BCUT2D eigenvalue weighted by Crippen LogP contribution is -2.26. The van der Waals surface area contributed by atoms with Crippen molar-refractivity contribution in [2.45, 2.75) is 5.41 Å². The number of hydrogen-bond donors (Lipinski definition) is 0. The van der Waals surface area contributed by atoms with Crippen molar-refractivity contribution in [3.8, 4) is 44.5 Å². The van der Waals surface area contributed by atoms with Crippen LogP contribution in [0.25, 0.3) is 64.7 Å². The van der Waals surface area contributed by atoms with Gasteiger partial charge in [-0.1, -0.05) is 176 Å². The SMILES string of the molecule is c1ccc(-c2ccc(N(c3cccc(-c4ccccc4)c3)c3cccc4c3-c3ccccc3C43c4ccccc4-c4c3ccc3c4sc4ccccc43)cc2)cc1. The van der Waals surface area contributed by atoms with Gasteiger partial charge in [-0.15, -0.1) is 11.3 Å². The minimum Gasteiger partial charge on any atom is -0.310 e. The van der Waals surface area contributed by atoms with Crippen molar-refractivity contribution in [3.05, 3.63) is 235 Å². The molecular weight excluding hydrogens is 707 g/mol. The first-order chi connectivity index (χ1) is 28.3. The summed E-state index contributed by atoms with van der Waals surface area (Å²) < 4.78 is 2.71. The topological polar surface area (TPSA) is 3.24 Å². The molecule has 1 aromatic heterocycles. The van der Waals surface area contributed by atoms with Gasteiger partial charge in [-0.05, 0) is 92.0 Å². The molecule has 0 saturated carbocycles. The highest BCUT2D eigenvalue weighted by Gasteiger charge is 2.53. The molecule has 2 heteroatoms. The van der Waals surface area contributed by atoms with Crippen molar-refractivity contribution < 1.29 is 0 Å². The Kier molecular flexibility index (Phi) is 7.08. The standard InChI is InChI=1S/C55H35NS/c1-3-15-36(16-4-1)38-29-31-40(32-30-38)56(41-20-13-19-39(35-41)37-17-5-2-6-18-37)50-27-14-26-48-52(50)44-22-7-10-24-46(44)55(48)47-25-11-8-23-45(47)53-49(55)34-33-43-42-21-9-12-28-51(42)57-54(43)53/h1-35H. The molecule has 2 aliphatic carbocycles. The van der Waals surface area contributed by atoms with Gasteiger partial charge in [0, 0.05) is 42.7 Å². The summed E-state index contributed by atoms with van der Waals surface area (Å²) in [5.74, 6) is 0. The van der Waals surface area contributed by atoms with E-state index in [4.69, 9.17) is 0 Å². The normalized spacial score (nSPS) is 14.7. The molecule has 57 heavy (non-hydrogen) atoms. The minimum atomic E-state index is -0.465. The summed E-state index contributed by atoms with van der Waals surface area (Å²) in [6, 6.07) is 78.5. The van der Waals surface area contributed by atoms with Crippen molar-refractivity contribution in [2.75, 3.05) is 4.90 Å². The molecule has 0 bridgehead atoms. The highest BCUT2D eigenvalue weighted by Crippen LogP contribution is 2.66. The minimum absolute atomic E-state index is 0.465. The largest absolute Gasteiger partial charge is 0.310 e. The van der Waals surface area contributed by atoms with Gasteiger partial charge in [-0.3, -0.25) is 0 Å². The second-order valence-electron chi connectivity index (χ2n) is 15.2. The average Bonchev–Trinajstić information content (AvgIpc) is 3.92. The van der Waals surface area contributed by atoms with Gasteiger partial charge in [0.15, 0.2) is 0 Å². The fraction of sp³-hybridized carbons (Fsp3) is 0.0182. The molecule has 1 spiro atoms. The molecule has 0 saturated heterocycles. The third-order valence-electron chi connectivity index (χ3n) is 12.3. The monoisotopic (exact) mass is 741 g/mol. The first kappa shape index (κ1) is 32.3. The molecule has 1 atom stereocenters. The van der Waals surface area contributed by atoms with Crippen molar-refractivity contribution in [1.29, 1.82) is 0 Å². The van der Waals surface area contributed by atoms with E-state index in [9.17, 15) is 0 Å². The van der Waals surface area contributed by atoms with E-state index in [2.05, 4.69) is 217 Å². The Balaban J connectivity index is 1.14. The number of nitrogens with zero attached hydrogens (tertiary/aromatic N) is 1. The van der Waals surface area contributed by atoms with Crippen molar-refractivity contribution in [1.82, 2.24) is 0 Å². The van der Waals surface area contributed by atoms with Crippen LogP contribution in [-0.2, 0) is 5.41 Å². The fourth-order valence-electron chi connectivity index (χ4n) is 9.93. The van der Waals surface area contributed by atoms with Crippen molar-refractivity contribution in [2.24, 2.45) is 0 Å². The molecule has 12 rings (SSSR count). The van der Waals surface area contributed by atoms with E-state index in [0.717, 1.165) is 11.4 Å². The molecule has 1 nitrogen and oxygen atoms in total. The molecule has 2 aliphatic rings. The highest BCUT2D eigenvalue weighted by atomic mass is 32.1. The van der Waals surface area contributed by atoms with E-state index in [-0.39, 0.29) is 0 Å². The van der Waals surface area contributed by atoms with Gasteiger partial charge in [-0.2, -0.15) is 0 Å². The van der Waals surface area contributed by atoms with Gasteiger partial charge in [0.2, 0.25) is 0 Å². The van der Waals surface area contributed by atoms with E-state index >= 15 is 0 Å². The quantitative estimate of drug-likeness (QED) is 0.170. The van der Waals surface area contributed by atoms with E-state index in [1.54, 1.807) is 0 Å².